The van der Waals surface area contributed by atoms with E-state index in [4.69, 9.17) is 11.2 Å². The number of carbonyl (C=O) groups excluding carboxylic acids is 1. The smallest absolute Gasteiger partial charge is 0.410 e. The van der Waals surface area contributed by atoms with E-state index in [2.05, 4.69) is 10.9 Å². The van der Waals surface area contributed by atoms with E-state index in [1.54, 1.807) is 4.90 Å². The van der Waals surface area contributed by atoms with Crippen LogP contribution < -0.4 is 0 Å². The van der Waals surface area contributed by atoms with E-state index in [-0.39, 0.29) is 12.0 Å². The predicted molar refractivity (Wildman–Crippen MR) is 70.6 cm³/mol. The molecule has 0 spiro atoms. The number of terminal acetylenes is 1. The fourth-order valence-electron chi connectivity index (χ4n) is 1.68. The number of amides is 1. The Balaban J connectivity index is 1.87. The molecule has 0 bridgehead atoms. The largest absolute Gasteiger partial charge is 0.444 e. The van der Waals surface area contributed by atoms with Crippen molar-refractivity contribution in [1.29, 1.82) is 0 Å². The number of likely N-dealkylation sites (tertiary alicyclic amines) is 1. The second-order valence-electron chi connectivity index (χ2n) is 5.30. The fourth-order valence-corrected chi connectivity index (χ4v) is 2.38. The van der Waals surface area contributed by atoms with Crippen molar-refractivity contribution in [2.45, 2.75) is 32.3 Å². The number of ether oxygens (including phenoxy) is 1. The van der Waals surface area contributed by atoms with Crippen LogP contribution in [0.25, 0.3) is 0 Å². The van der Waals surface area contributed by atoms with Gasteiger partial charge >= 0.3 is 6.09 Å². The van der Waals surface area contributed by atoms with Gasteiger partial charge in [-0.05, 0) is 26.7 Å². The van der Waals surface area contributed by atoms with Crippen LogP contribution in [0, 0.1) is 12.3 Å². The van der Waals surface area contributed by atoms with E-state index in [0.717, 1.165) is 5.69 Å². The summed E-state index contributed by atoms with van der Waals surface area (Å²) in [4.78, 5) is 17.7. The third kappa shape index (κ3) is 2.82. The summed E-state index contributed by atoms with van der Waals surface area (Å²) in [5.74, 6) is 2.81. The first-order chi connectivity index (χ1) is 8.39. The van der Waals surface area contributed by atoms with Gasteiger partial charge in [-0.25, -0.2) is 9.78 Å². The summed E-state index contributed by atoms with van der Waals surface area (Å²) in [6.45, 7) is 6.90. The Kier molecular flexibility index (Phi) is 3.31. The van der Waals surface area contributed by atoms with Gasteiger partial charge in [0.25, 0.3) is 0 Å². The highest BCUT2D eigenvalue weighted by atomic mass is 32.1. The van der Waals surface area contributed by atoms with Crippen LogP contribution in [0.4, 0.5) is 4.79 Å². The zero-order valence-corrected chi connectivity index (χ0v) is 11.6. The Bertz CT molecular complexity index is 490. The van der Waals surface area contributed by atoms with Gasteiger partial charge in [0, 0.05) is 24.4 Å². The van der Waals surface area contributed by atoms with Crippen molar-refractivity contribution in [3.05, 3.63) is 16.1 Å². The molecule has 0 aliphatic carbocycles. The van der Waals surface area contributed by atoms with Crippen LogP contribution in [0.5, 0.6) is 0 Å². The van der Waals surface area contributed by atoms with Crippen molar-refractivity contribution in [2.24, 2.45) is 0 Å². The average molecular weight is 264 g/mol. The third-order valence-corrected chi connectivity index (χ3v) is 3.39. The number of thiazole rings is 1. The first-order valence-electron chi connectivity index (χ1n) is 5.79. The van der Waals surface area contributed by atoms with Crippen LogP contribution in [-0.4, -0.2) is 34.7 Å². The number of hydrogen-bond donors (Lipinski definition) is 0. The standard InChI is InChI=1S/C13H16N2O2S/c1-5-11-14-10(8-18-11)9-6-15(7-9)12(16)17-13(2,3)4/h1,8-9H,6-7H2,2-4H3. The Morgan fingerprint density at radius 1 is 1.61 bits per heavy atom. The molecule has 18 heavy (non-hydrogen) atoms. The normalized spacial score (nSPS) is 16.0. The molecule has 1 aliphatic rings. The van der Waals surface area contributed by atoms with Crippen LogP contribution in [0.1, 0.15) is 37.4 Å². The molecular formula is C13H16N2O2S. The highest BCUT2D eigenvalue weighted by molar-refractivity contribution is 7.10. The molecule has 5 heteroatoms. The second kappa shape index (κ2) is 4.62. The molecule has 0 radical (unpaired) electrons. The van der Waals surface area contributed by atoms with Crippen LogP contribution in [-0.2, 0) is 4.74 Å². The maximum Gasteiger partial charge on any atom is 0.410 e. The van der Waals surface area contributed by atoms with Crippen LogP contribution in [0.2, 0.25) is 0 Å². The van der Waals surface area contributed by atoms with Gasteiger partial charge in [0.15, 0.2) is 5.01 Å². The van der Waals surface area contributed by atoms with Gasteiger partial charge < -0.3 is 9.64 Å². The van der Waals surface area contributed by atoms with E-state index in [9.17, 15) is 4.79 Å². The maximum atomic E-state index is 11.7. The number of carbonyl (C=O) groups is 1. The highest BCUT2D eigenvalue weighted by Crippen LogP contribution is 2.29. The number of hydrogen-bond acceptors (Lipinski definition) is 4. The Hall–Kier alpha value is -1.54. The Morgan fingerprint density at radius 2 is 2.28 bits per heavy atom. The molecule has 1 amide bonds. The molecule has 1 aliphatic heterocycles. The van der Waals surface area contributed by atoms with Gasteiger partial charge in [0.2, 0.25) is 0 Å². The molecule has 1 aromatic heterocycles. The summed E-state index contributed by atoms with van der Waals surface area (Å²) in [6, 6.07) is 0. The Morgan fingerprint density at radius 3 is 2.78 bits per heavy atom. The molecule has 0 unspecified atom stereocenters. The molecule has 0 aromatic carbocycles. The number of nitrogens with zero attached hydrogens (tertiary/aromatic N) is 2. The van der Waals surface area contributed by atoms with E-state index >= 15 is 0 Å². The molecule has 1 fully saturated rings. The third-order valence-electron chi connectivity index (χ3n) is 2.60. The quantitative estimate of drug-likeness (QED) is 0.732. The lowest BCUT2D eigenvalue weighted by atomic mass is 9.98. The zero-order chi connectivity index (χ0) is 13.3. The summed E-state index contributed by atoms with van der Waals surface area (Å²) in [5, 5.41) is 2.66. The Labute approximate surface area is 111 Å². The first-order valence-corrected chi connectivity index (χ1v) is 6.67. The van der Waals surface area contributed by atoms with E-state index in [1.165, 1.54) is 11.3 Å². The zero-order valence-electron chi connectivity index (χ0n) is 10.8. The summed E-state index contributed by atoms with van der Waals surface area (Å²) in [7, 11) is 0. The molecule has 0 saturated carbocycles. The van der Waals surface area contributed by atoms with E-state index in [0.29, 0.717) is 18.1 Å². The lowest BCUT2D eigenvalue weighted by Gasteiger charge is -2.38. The first kappa shape index (κ1) is 12.9. The van der Waals surface area contributed by atoms with Gasteiger partial charge in [-0.1, -0.05) is 0 Å². The lowest BCUT2D eigenvalue weighted by Crippen LogP contribution is -2.50. The predicted octanol–water partition coefficient (Wildman–Crippen LogP) is 2.46. The number of rotatable bonds is 1. The summed E-state index contributed by atoms with van der Waals surface area (Å²) >= 11 is 1.46. The second-order valence-corrected chi connectivity index (χ2v) is 6.16. The molecule has 0 atom stereocenters. The van der Waals surface area contributed by atoms with Crippen molar-refractivity contribution in [3.8, 4) is 12.3 Å². The minimum atomic E-state index is -0.445. The molecule has 4 nitrogen and oxygen atoms in total. The molecular weight excluding hydrogens is 248 g/mol. The maximum absolute atomic E-state index is 11.7. The van der Waals surface area contributed by atoms with Crippen LogP contribution in [0.3, 0.4) is 0 Å². The lowest BCUT2D eigenvalue weighted by molar-refractivity contribution is 0.00792. The topological polar surface area (TPSA) is 42.4 Å². The van der Waals surface area contributed by atoms with Gasteiger partial charge in [-0.2, -0.15) is 0 Å². The van der Waals surface area contributed by atoms with Gasteiger partial charge in [-0.3, -0.25) is 0 Å². The van der Waals surface area contributed by atoms with Crippen molar-refractivity contribution in [3.63, 3.8) is 0 Å². The molecule has 2 rings (SSSR count). The highest BCUT2D eigenvalue weighted by Gasteiger charge is 2.35. The molecule has 1 aromatic rings. The minimum Gasteiger partial charge on any atom is -0.444 e. The summed E-state index contributed by atoms with van der Waals surface area (Å²) < 4.78 is 5.29. The van der Waals surface area contributed by atoms with Gasteiger partial charge in [0.05, 0.1) is 5.69 Å². The average Bonchev–Trinajstić information content (AvgIpc) is 2.60. The van der Waals surface area contributed by atoms with Crippen molar-refractivity contribution in [2.75, 3.05) is 13.1 Å². The van der Waals surface area contributed by atoms with Crippen LogP contribution >= 0.6 is 11.3 Å². The van der Waals surface area contributed by atoms with Crippen molar-refractivity contribution in [1.82, 2.24) is 9.88 Å². The summed E-state index contributed by atoms with van der Waals surface area (Å²) in [5.41, 5.74) is 0.534. The van der Waals surface area contributed by atoms with Crippen molar-refractivity contribution >= 4 is 17.4 Å². The van der Waals surface area contributed by atoms with Crippen LogP contribution in [0.15, 0.2) is 5.38 Å². The van der Waals surface area contributed by atoms with E-state index in [1.807, 2.05) is 26.2 Å². The van der Waals surface area contributed by atoms with Gasteiger partial charge in [0.1, 0.15) is 5.60 Å². The summed E-state index contributed by atoms with van der Waals surface area (Å²) in [6.07, 6.45) is 5.02. The molecule has 96 valence electrons. The SMILES string of the molecule is C#Cc1nc(C2CN(C(=O)OC(C)(C)C)C2)cs1. The molecule has 1 saturated heterocycles. The molecule has 0 N–H and O–H groups in total. The van der Waals surface area contributed by atoms with Crippen molar-refractivity contribution < 1.29 is 9.53 Å². The monoisotopic (exact) mass is 264 g/mol. The number of aromatic nitrogens is 1. The molecule has 2 heterocycles. The van der Waals surface area contributed by atoms with E-state index < -0.39 is 5.60 Å². The minimum absolute atomic E-state index is 0.258. The van der Waals surface area contributed by atoms with Gasteiger partial charge in [-0.15, -0.1) is 17.8 Å². The fraction of sp³-hybridized carbons (Fsp3) is 0.538.